The highest BCUT2D eigenvalue weighted by molar-refractivity contribution is 9.10. The zero-order valence-electron chi connectivity index (χ0n) is 11.2. The van der Waals surface area contributed by atoms with Gasteiger partial charge in [0.05, 0.1) is 4.47 Å². The average molecular weight is 332 g/mol. The van der Waals surface area contributed by atoms with Crippen LogP contribution in [0.1, 0.15) is 37.7 Å². The Hall–Kier alpha value is -0.480. The summed E-state index contributed by atoms with van der Waals surface area (Å²) in [5.41, 5.74) is 0.194. The normalized spacial score (nSPS) is 18.5. The van der Waals surface area contributed by atoms with E-state index in [9.17, 15) is 8.78 Å². The summed E-state index contributed by atoms with van der Waals surface area (Å²) in [5, 5.41) is 3.25. The summed E-state index contributed by atoms with van der Waals surface area (Å²) in [5.74, 6) is -0.385. The van der Waals surface area contributed by atoms with Crippen LogP contribution in [0.3, 0.4) is 0 Å². The lowest BCUT2D eigenvalue weighted by atomic mass is 9.81. The molecule has 0 spiro atoms. The molecule has 4 heteroatoms. The zero-order valence-corrected chi connectivity index (χ0v) is 12.8. The first-order valence-electron chi connectivity index (χ1n) is 6.93. The molecular weight excluding hydrogens is 312 g/mol. The molecular formula is C15H20BrF2N. The van der Waals surface area contributed by atoms with Gasteiger partial charge in [-0.1, -0.05) is 19.3 Å². The van der Waals surface area contributed by atoms with Crippen molar-refractivity contribution in [3.8, 4) is 0 Å². The third-order valence-corrected chi connectivity index (χ3v) is 4.77. The Morgan fingerprint density at radius 3 is 2.58 bits per heavy atom. The minimum absolute atomic E-state index is 0.151. The highest BCUT2D eigenvalue weighted by Gasteiger charge is 2.25. The third-order valence-electron chi connectivity index (χ3n) is 4.15. The maximum absolute atomic E-state index is 14.0. The van der Waals surface area contributed by atoms with Gasteiger partial charge in [-0.15, -0.1) is 0 Å². The predicted molar refractivity (Wildman–Crippen MR) is 77.2 cm³/mol. The minimum Gasteiger partial charge on any atom is -0.316 e. The summed E-state index contributed by atoms with van der Waals surface area (Å²) < 4.78 is 28.2. The number of benzene rings is 1. The van der Waals surface area contributed by atoms with Crippen LogP contribution in [-0.4, -0.2) is 13.1 Å². The summed E-state index contributed by atoms with van der Waals surface area (Å²) in [6.07, 6.45) is 6.47. The second kappa shape index (κ2) is 6.80. The van der Waals surface area contributed by atoms with Gasteiger partial charge in [0, 0.05) is 11.6 Å². The van der Waals surface area contributed by atoms with Crippen LogP contribution >= 0.6 is 15.9 Å². The van der Waals surface area contributed by atoms with Crippen LogP contribution in [0.2, 0.25) is 0 Å². The van der Waals surface area contributed by atoms with Gasteiger partial charge in [-0.05, 0) is 60.3 Å². The standard InChI is InChI=1S/C15H20BrF2N/c1-19-14(10-5-3-2-4-6-10)9-11-13(17)8-7-12(16)15(11)18/h7-8,10,14,19H,2-6,9H2,1H3. The fraction of sp³-hybridized carbons (Fsp3) is 0.600. The molecule has 0 aromatic heterocycles. The van der Waals surface area contributed by atoms with E-state index < -0.39 is 11.6 Å². The SMILES string of the molecule is CNC(Cc1c(F)ccc(Br)c1F)C1CCCCC1. The Labute approximate surface area is 121 Å². The maximum Gasteiger partial charge on any atom is 0.143 e. The highest BCUT2D eigenvalue weighted by atomic mass is 79.9. The van der Waals surface area contributed by atoms with E-state index >= 15 is 0 Å². The number of nitrogens with one attached hydrogen (secondary N) is 1. The number of halogens is 3. The molecule has 0 amide bonds. The molecule has 0 heterocycles. The van der Waals surface area contributed by atoms with Gasteiger partial charge in [-0.25, -0.2) is 8.78 Å². The third kappa shape index (κ3) is 3.54. The molecule has 0 bridgehead atoms. The highest BCUT2D eigenvalue weighted by Crippen LogP contribution is 2.30. The van der Waals surface area contributed by atoms with Crippen LogP contribution in [0.25, 0.3) is 0 Å². The van der Waals surface area contributed by atoms with Gasteiger partial charge in [0.15, 0.2) is 0 Å². The van der Waals surface area contributed by atoms with E-state index in [2.05, 4.69) is 21.2 Å². The van der Waals surface area contributed by atoms with Crippen LogP contribution in [0, 0.1) is 17.6 Å². The smallest absolute Gasteiger partial charge is 0.143 e. The lowest BCUT2D eigenvalue weighted by molar-refractivity contribution is 0.273. The van der Waals surface area contributed by atoms with Gasteiger partial charge in [-0.3, -0.25) is 0 Å². The van der Waals surface area contributed by atoms with Crippen LogP contribution in [0.15, 0.2) is 16.6 Å². The van der Waals surface area contributed by atoms with Gasteiger partial charge >= 0.3 is 0 Å². The lowest BCUT2D eigenvalue weighted by Gasteiger charge is -2.30. The van der Waals surface area contributed by atoms with E-state index in [1.165, 1.54) is 31.4 Å². The molecule has 106 valence electrons. The van der Waals surface area contributed by atoms with E-state index in [0.717, 1.165) is 12.8 Å². The summed E-state index contributed by atoms with van der Waals surface area (Å²) >= 11 is 3.13. The largest absolute Gasteiger partial charge is 0.316 e. The van der Waals surface area contributed by atoms with Crippen molar-refractivity contribution in [2.24, 2.45) is 5.92 Å². The van der Waals surface area contributed by atoms with Crippen molar-refractivity contribution in [2.45, 2.75) is 44.6 Å². The summed E-state index contributed by atoms with van der Waals surface area (Å²) in [6.45, 7) is 0. The van der Waals surface area contributed by atoms with E-state index in [-0.39, 0.29) is 11.6 Å². The van der Waals surface area contributed by atoms with Crippen molar-refractivity contribution in [1.29, 1.82) is 0 Å². The molecule has 1 saturated carbocycles. The fourth-order valence-electron chi connectivity index (χ4n) is 3.02. The van der Waals surface area contributed by atoms with Crippen molar-refractivity contribution >= 4 is 15.9 Å². The Balaban J connectivity index is 2.15. The van der Waals surface area contributed by atoms with Crippen molar-refractivity contribution < 1.29 is 8.78 Å². The first kappa shape index (κ1) is 14.9. The fourth-order valence-corrected chi connectivity index (χ4v) is 3.39. The topological polar surface area (TPSA) is 12.0 Å². The number of hydrogen-bond donors (Lipinski definition) is 1. The van der Waals surface area contributed by atoms with Gasteiger partial charge in [0.1, 0.15) is 11.6 Å². The first-order chi connectivity index (χ1) is 9.13. The molecule has 1 N–H and O–H groups in total. The van der Waals surface area contributed by atoms with Crippen LogP contribution in [-0.2, 0) is 6.42 Å². The molecule has 1 aromatic carbocycles. The maximum atomic E-state index is 14.0. The Morgan fingerprint density at radius 2 is 1.95 bits per heavy atom. The zero-order chi connectivity index (χ0) is 13.8. The van der Waals surface area contributed by atoms with E-state index in [0.29, 0.717) is 16.8 Å². The van der Waals surface area contributed by atoms with Crippen LogP contribution < -0.4 is 5.32 Å². The Kier molecular flexibility index (Phi) is 5.34. The molecule has 2 rings (SSSR count). The number of likely N-dealkylation sites (N-methyl/N-ethyl adjacent to an activating group) is 1. The average Bonchev–Trinajstić information content (AvgIpc) is 2.44. The Morgan fingerprint density at radius 1 is 1.26 bits per heavy atom. The molecule has 0 radical (unpaired) electrons. The van der Waals surface area contributed by atoms with Crippen LogP contribution in [0.4, 0.5) is 8.78 Å². The molecule has 0 saturated heterocycles. The number of hydrogen-bond acceptors (Lipinski definition) is 1. The quantitative estimate of drug-likeness (QED) is 0.804. The van der Waals surface area contributed by atoms with Crippen molar-refractivity contribution in [2.75, 3.05) is 7.05 Å². The van der Waals surface area contributed by atoms with Crippen LogP contribution in [0.5, 0.6) is 0 Å². The molecule has 0 aliphatic heterocycles. The van der Waals surface area contributed by atoms with E-state index in [1.54, 1.807) is 0 Å². The van der Waals surface area contributed by atoms with Crippen molar-refractivity contribution in [3.05, 3.63) is 33.8 Å². The molecule has 1 aliphatic carbocycles. The molecule has 1 aliphatic rings. The van der Waals surface area contributed by atoms with Crippen molar-refractivity contribution in [1.82, 2.24) is 5.32 Å². The predicted octanol–water partition coefficient (Wildman–Crippen LogP) is 4.44. The molecule has 19 heavy (non-hydrogen) atoms. The summed E-state index contributed by atoms with van der Waals surface area (Å²) in [7, 11) is 1.88. The summed E-state index contributed by atoms with van der Waals surface area (Å²) in [6, 6.07) is 2.90. The van der Waals surface area contributed by atoms with Crippen molar-refractivity contribution in [3.63, 3.8) is 0 Å². The van der Waals surface area contributed by atoms with Gasteiger partial charge < -0.3 is 5.32 Å². The van der Waals surface area contributed by atoms with E-state index in [1.807, 2.05) is 7.05 Å². The van der Waals surface area contributed by atoms with Gasteiger partial charge in [-0.2, -0.15) is 0 Å². The minimum atomic E-state index is -0.462. The molecule has 1 unspecified atom stereocenters. The second-order valence-electron chi connectivity index (χ2n) is 5.32. The van der Waals surface area contributed by atoms with Gasteiger partial charge in [0.25, 0.3) is 0 Å². The molecule has 1 atom stereocenters. The second-order valence-corrected chi connectivity index (χ2v) is 6.17. The summed E-state index contributed by atoms with van der Waals surface area (Å²) in [4.78, 5) is 0. The van der Waals surface area contributed by atoms with Gasteiger partial charge in [0.2, 0.25) is 0 Å². The monoisotopic (exact) mass is 331 g/mol. The first-order valence-corrected chi connectivity index (χ1v) is 7.72. The van der Waals surface area contributed by atoms with E-state index in [4.69, 9.17) is 0 Å². The molecule has 1 fully saturated rings. The number of rotatable bonds is 4. The molecule has 1 aromatic rings. The Bertz CT molecular complexity index is 430. The molecule has 1 nitrogen and oxygen atoms in total. The lowest BCUT2D eigenvalue weighted by Crippen LogP contribution is -2.37.